The van der Waals surface area contributed by atoms with Crippen molar-refractivity contribution in [3.05, 3.63) is 59.0 Å². The van der Waals surface area contributed by atoms with Gasteiger partial charge in [0.15, 0.2) is 0 Å². The molecule has 2 aromatic rings. The third-order valence-corrected chi connectivity index (χ3v) is 5.12. The predicted octanol–water partition coefficient (Wildman–Crippen LogP) is 2.05. The Bertz CT molecular complexity index is 903. The molecule has 0 saturated carbocycles. The lowest BCUT2D eigenvalue weighted by Gasteiger charge is -2.32. The fraction of sp³-hybridized carbons (Fsp3) is 0.316. The van der Waals surface area contributed by atoms with Crippen LogP contribution in [0.5, 0.6) is 0 Å². The van der Waals surface area contributed by atoms with Gasteiger partial charge in [-0.15, -0.1) is 0 Å². The molecular weight excluding hydrogens is 336 g/mol. The summed E-state index contributed by atoms with van der Waals surface area (Å²) in [5, 5.41) is 2.88. The second-order valence-corrected chi connectivity index (χ2v) is 6.62. The number of methoxy groups -OCH3 is 1. The van der Waals surface area contributed by atoms with Crippen molar-refractivity contribution in [1.82, 2.24) is 10.2 Å². The SMILES string of the molecule is COC(=O)c1occc1CN1C(=O)NC2(CCc3ccccc3C2)C1=O. The standard InChI is InChI=1S/C19H18N2O5/c1-25-16(22)15-14(7-9-26-15)11-21-17(23)19(20-18(21)24)8-6-12-4-2-3-5-13(12)10-19/h2-5,7,9H,6,8,10-11H2,1H3,(H,20,24). The van der Waals surface area contributed by atoms with E-state index in [0.29, 0.717) is 18.4 Å². The maximum Gasteiger partial charge on any atom is 0.374 e. The summed E-state index contributed by atoms with van der Waals surface area (Å²) < 4.78 is 9.80. The smallest absolute Gasteiger partial charge is 0.374 e. The van der Waals surface area contributed by atoms with E-state index in [1.54, 1.807) is 6.07 Å². The van der Waals surface area contributed by atoms with Gasteiger partial charge in [-0.2, -0.15) is 0 Å². The Morgan fingerprint density at radius 2 is 2.04 bits per heavy atom. The van der Waals surface area contributed by atoms with Crippen LogP contribution in [0.1, 0.15) is 33.7 Å². The molecule has 0 radical (unpaired) electrons. The molecule has 1 fully saturated rings. The Morgan fingerprint density at radius 1 is 1.27 bits per heavy atom. The number of carbonyl (C=O) groups is 3. The van der Waals surface area contributed by atoms with Crippen LogP contribution in [-0.2, 0) is 28.9 Å². The van der Waals surface area contributed by atoms with Crippen molar-refractivity contribution in [3.8, 4) is 0 Å². The molecule has 2 aliphatic rings. The molecule has 1 saturated heterocycles. The summed E-state index contributed by atoms with van der Waals surface area (Å²) in [6.07, 6.45) is 3.10. The first kappa shape index (κ1) is 16.4. The van der Waals surface area contributed by atoms with Crippen molar-refractivity contribution < 1.29 is 23.5 Å². The fourth-order valence-electron chi connectivity index (χ4n) is 3.75. The number of fused-ring (bicyclic) bond motifs is 1. The number of esters is 1. The average molecular weight is 354 g/mol. The van der Waals surface area contributed by atoms with E-state index in [9.17, 15) is 14.4 Å². The summed E-state index contributed by atoms with van der Waals surface area (Å²) in [5.41, 5.74) is 1.81. The Kier molecular flexibility index (Phi) is 3.79. The summed E-state index contributed by atoms with van der Waals surface area (Å²) in [6.45, 7) is -0.0327. The van der Waals surface area contributed by atoms with Gasteiger partial charge in [0.1, 0.15) is 5.54 Å². The lowest BCUT2D eigenvalue weighted by atomic mass is 9.78. The molecule has 7 heteroatoms. The van der Waals surface area contributed by atoms with Crippen molar-refractivity contribution in [2.45, 2.75) is 31.3 Å². The largest absolute Gasteiger partial charge is 0.463 e. The Balaban J connectivity index is 1.59. The Hall–Kier alpha value is -3.09. The number of urea groups is 1. The molecule has 7 nitrogen and oxygen atoms in total. The zero-order valence-corrected chi connectivity index (χ0v) is 14.3. The van der Waals surface area contributed by atoms with Crippen LogP contribution in [0.25, 0.3) is 0 Å². The molecule has 1 aliphatic carbocycles. The zero-order valence-electron chi connectivity index (χ0n) is 14.3. The fourth-order valence-corrected chi connectivity index (χ4v) is 3.75. The Labute approximate surface area is 149 Å². The van der Waals surface area contributed by atoms with Gasteiger partial charge in [-0.3, -0.25) is 9.69 Å². The molecule has 0 bridgehead atoms. The van der Waals surface area contributed by atoms with Crippen molar-refractivity contribution >= 4 is 17.9 Å². The van der Waals surface area contributed by atoms with E-state index in [0.717, 1.165) is 16.9 Å². The average Bonchev–Trinajstić information content (AvgIpc) is 3.20. The van der Waals surface area contributed by atoms with Gasteiger partial charge in [-0.25, -0.2) is 9.59 Å². The van der Waals surface area contributed by atoms with E-state index in [2.05, 4.69) is 16.1 Å². The van der Waals surface area contributed by atoms with Crippen LogP contribution in [-0.4, -0.2) is 35.5 Å². The number of furan rings is 1. The molecule has 1 N–H and O–H groups in total. The van der Waals surface area contributed by atoms with Crippen LogP contribution in [0.3, 0.4) is 0 Å². The van der Waals surface area contributed by atoms with Gasteiger partial charge in [0, 0.05) is 12.0 Å². The van der Waals surface area contributed by atoms with E-state index < -0.39 is 17.5 Å². The lowest BCUT2D eigenvalue weighted by Crippen LogP contribution is -2.51. The summed E-state index contributed by atoms with van der Waals surface area (Å²) in [6, 6.07) is 9.06. The topological polar surface area (TPSA) is 88.8 Å². The summed E-state index contributed by atoms with van der Waals surface area (Å²) in [4.78, 5) is 38.5. The number of rotatable bonds is 3. The van der Waals surface area contributed by atoms with Gasteiger partial charge >= 0.3 is 12.0 Å². The maximum absolute atomic E-state index is 13.1. The number of imide groups is 1. The quantitative estimate of drug-likeness (QED) is 0.673. The first-order chi connectivity index (χ1) is 12.5. The number of amides is 3. The summed E-state index contributed by atoms with van der Waals surface area (Å²) >= 11 is 0. The molecule has 4 rings (SSSR count). The van der Waals surface area contributed by atoms with Gasteiger partial charge < -0.3 is 14.5 Å². The summed E-state index contributed by atoms with van der Waals surface area (Å²) in [5.74, 6) is -0.907. The molecule has 134 valence electrons. The summed E-state index contributed by atoms with van der Waals surface area (Å²) in [7, 11) is 1.25. The van der Waals surface area contributed by atoms with Crippen molar-refractivity contribution in [1.29, 1.82) is 0 Å². The van der Waals surface area contributed by atoms with Crippen LogP contribution < -0.4 is 5.32 Å². The number of hydrogen-bond donors (Lipinski definition) is 1. The van der Waals surface area contributed by atoms with Crippen LogP contribution in [0.4, 0.5) is 4.79 Å². The minimum Gasteiger partial charge on any atom is -0.463 e. The number of aryl methyl sites for hydroxylation is 1. The van der Waals surface area contributed by atoms with Crippen LogP contribution in [0, 0.1) is 0 Å². The van der Waals surface area contributed by atoms with Gasteiger partial charge in [-0.1, -0.05) is 24.3 Å². The van der Waals surface area contributed by atoms with Crippen molar-refractivity contribution in [2.24, 2.45) is 0 Å². The van der Waals surface area contributed by atoms with E-state index >= 15 is 0 Å². The second kappa shape index (κ2) is 6.01. The van der Waals surface area contributed by atoms with Crippen LogP contribution in [0.15, 0.2) is 41.0 Å². The molecule has 1 spiro atoms. The molecule has 1 aromatic carbocycles. The molecule has 1 atom stereocenters. The van der Waals surface area contributed by atoms with Gasteiger partial charge in [0.2, 0.25) is 5.76 Å². The monoisotopic (exact) mass is 354 g/mol. The highest BCUT2D eigenvalue weighted by molar-refractivity contribution is 6.07. The predicted molar refractivity (Wildman–Crippen MR) is 90.3 cm³/mol. The van der Waals surface area contributed by atoms with Gasteiger partial charge in [0.05, 0.1) is 19.9 Å². The molecule has 3 amide bonds. The van der Waals surface area contributed by atoms with Crippen molar-refractivity contribution in [3.63, 3.8) is 0 Å². The highest BCUT2D eigenvalue weighted by Gasteiger charge is 2.52. The van der Waals surface area contributed by atoms with Gasteiger partial charge in [0.25, 0.3) is 5.91 Å². The first-order valence-corrected chi connectivity index (χ1v) is 8.40. The maximum atomic E-state index is 13.1. The van der Waals surface area contributed by atoms with E-state index in [1.165, 1.54) is 18.9 Å². The number of nitrogens with zero attached hydrogens (tertiary/aromatic N) is 1. The lowest BCUT2D eigenvalue weighted by molar-refractivity contribution is -0.132. The van der Waals surface area contributed by atoms with E-state index in [-0.39, 0.29) is 18.2 Å². The van der Waals surface area contributed by atoms with Crippen LogP contribution >= 0.6 is 0 Å². The van der Waals surface area contributed by atoms with Crippen LogP contribution in [0.2, 0.25) is 0 Å². The minimum absolute atomic E-state index is 0.00281. The number of ether oxygens (including phenoxy) is 1. The molecule has 26 heavy (non-hydrogen) atoms. The first-order valence-electron chi connectivity index (χ1n) is 8.40. The third-order valence-electron chi connectivity index (χ3n) is 5.12. The second-order valence-electron chi connectivity index (χ2n) is 6.62. The van der Waals surface area contributed by atoms with E-state index in [1.807, 2.05) is 18.2 Å². The number of carbonyl (C=O) groups excluding carboxylic acids is 3. The van der Waals surface area contributed by atoms with E-state index in [4.69, 9.17) is 4.42 Å². The molecule has 1 aromatic heterocycles. The number of hydrogen-bond acceptors (Lipinski definition) is 5. The third kappa shape index (κ3) is 2.47. The number of nitrogens with one attached hydrogen (secondary N) is 1. The minimum atomic E-state index is -0.916. The van der Waals surface area contributed by atoms with Crippen molar-refractivity contribution in [2.75, 3.05) is 7.11 Å². The number of benzene rings is 1. The van der Waals surface area contributed by atoms with Gasteiger partial charge in [-0.05, 0) is 30.0 Å². The molecule has 1 aliphatic heterocycles. The highest BCUT2D eigenvalue weighted by atomic mass is 16.5. The zero-order chi connectivity index (χ0) is 18.3. The normalized spacial score (nSPS) is 21.7. The molecule has 1 unspecified atom stereocenters. The Morgan fingerprint density at radius 3 is 2.81 bits per heavy atom. The molecular formula is C19H18N2O5. The molecule has 2 heterocycles. The highest BCUT2D eigenvalue weighted by Crippen LogP contribution is 2.34.